The van der Waals surface area contributed by atoms with E-state index in [-0.39, 0.29) is 12.5 Å². The zero-order valence-electron chi connectivity index (χ0n) is 14.3. The minimum atomic E-state index is -0.440. The number of carbonyl (C=O) groups excluding carboxylic acids is 2. The highest BCUT2D eigenvalue weighted by atomic mass is 16.5. The molecule has 1 aromatic heterocycles. The minimum Gasteiger partial charge on any atom is -0.462 e. The van der Waals surface area contributed by atoms with Gasteiger partial charge in [-0.3, -0.25) is 4.79 Å². The van der Waals surface area contributed by atoms with Gasteiger partial charge in [0.15, 0.2) is 11.9 Å². The Bertz CT molecular complexity index is 741. The number of para-hydroxylation sites is 1. The normalized spacial score (nSPS) is 10.3. The molecule has 0 saturated carbocycles. The SMILES string of the molecule is CCOC(=O)c1ccccc1NC(=O)C[n+]1cc(CC)ccc1C. The Kier molecular flexibility index (Phi) is 6.07. The highest BCUT2D eigenvalue weighted by Gasteiger charge is 2.17. The van der Waals surface area contributed by atoms with Crippen molar-refractivity contribution in [1.82, 2.24) is 0 Å². The van der Waals surface area contributed by atoms with Crippen molar-refractivity contribution in [3.8, 4) is 0 Å². The summed E-state index contributed by atoms with van der Waals surface area (Å²) in [7, 11) is 0. The molecule has 0 bridgehead atoms. The number of anilines is 1. The summed E-state index contributed by atoms with van der Waals surface area (Å²) < 4.78 is 6.93. The predicted octanol–water partition coefficient (Wildman–Crippen LogP) is 2.66. The highest BCUT2D eigenvalue weighted by Crippen LogP contribution is 2.16. The van der Waals surface area contributed by atoms with Crippen LogP contribution in [0.4, 0.5) is 5.69 Å². The summed E-state index contributed by atoms with van der Waals surface area (Å²) in [6, 6.07) is 10.9. The van der Waals surface area contributed by atoms with Crippen LogP contribution < -0.4 is 9.88 Å². The van der Waals surface area contributed by atoms with Crippen LogP contribution in [0.1, 0.15) is 35.5 Å². The molecule has 0 aliphatic heterocycles. The van der Waals surface area contributed by atoms with Gasteiger partial charge in [-0.15, -0.1) is 0 Å². The molecule has 0 fully saturated rings. The summed E-state index contributed by atoms with van der Waals surface area (Å²) in [5.74, 6) is -0.627. The van der Waals surface area contributed by atoms with E-state index in [4.69, 9.17) is 4.74 Å². The number of aromatic nitrogens is 1. The lowest BCUT2D eigenvalue weighted by Gasteiger charge is -2.09. The van der Waals surface area contributed by atoms with Crippen molar-refractivity contribution < 1.29 is 18.9 Å². The molecule has 0 radical (unpaired) electrons. The van der Waals surface area contributed by atoms with E-state index in [1.165, 1.54) is 5.56 Å². The maximum atomic E-state index is 12.4. The van der Waals surface area contributed by atoms with Gasteiger partial charge in [-0.05, 0) is 31.5 Å². The van der Waals surface area contributed by atoms with Crippen molar-refractivity contribution in [1.29, 1.82) is 0 Å². The van der Waals surface area contributed by atoms with E-state index in [0.717, 1.165) is 12.1 Å². The van der Waals surface area contributed by atoms with Crippen LogP contribution >= 0.6 is 0 Å². The third-order valence-corrected chi connectivity index (χ3v) is 3.73. The van der Waals surface area contributed by atoms with Crippen LogP contribution in [0.15, 0.2) is 42.6 Å². The Labute approximate surface area is 142 Å². The minimum absolute atomic E-state index is 0.187. The second-order valence-electron chi connectivity index (χ2n) is 5.47. The van der Waals surface area contributed by atoms with E-state index in [0.29, 0.717) is 17.9 Å². The van der Waals surface area contributed by atoms with E-state index in [9.17, 15) is 9.59 Å². The molecule has 0 saturated heterocycles. The second-order valence-corrected chi connectivity index (χ2v) is 5.47. The van der Waals surface area contributed by atoms with Gasteiger partial charge in [0, 0.05) is 18.6 Å². The molecule has 2 rings (SSSR count). The van der Waals surface area contributed by atoms with Crippen LogP contribution in [0, 0.1) is 6.92 Å². The molecular weight excluding hydrogens is 304 g/mol. The van der Waals surface area contributed by atoms with Crippen molar-refractivity contribution in [2.24, 2.45) is 0 Å². The number of nitrogens with one attached hydrogen (secondary N) is 1. The first-order valence-corrected chi connectivity index (χ1v) is 8.10. The van der Waals surface area contributed by atoms with E-state index < -0.39 is 5.97 Å². The van der Waals surface area contributed by atoms with Crippen LogP contribution in [0.5, 0.6) is 0 Å². The molecule has 0 atom stereocenters. The summed E-state index contributed by atoms with van der Waals surface area (Å²) in [5, 5.41) is 2.80. The van der Waals surface area contributed by atoms with Crippen molar-refractivity contribution >= 4 is 17.6 Å². The number of carbonyl (C=O) groups is 2. The summed E-state index contributed by atoms with van der Waals surface area (Å²) in [5.41, 5.74) is 2.99. The Balaban J connectivity index is 2.15. The largest absolute Gasteiger partial charge is 0.462 e. The third kappa shape index (κ3) is 4.41. The number of hydrogen-bond donors (Lipinski definition) is 1. The summed E-state index contributed by atoms with van der Waals surface area (Å²) in [6.07, 6.45) is 2.89. The van der Waals surface area contributed by atoms with E-state index >= 15 is 0 Å². The highest BCUT2D eigenvalue weighted by molar-refractivity contribution is 6.00. The first kappa shape index (κ1) is 17.7. The van der Waals surface area contributed by atoms with Crippen molar-refractivity contribution in [3.05, 3.63) is 59.4 Å². The molecule has 1 aromatic carbocycles. The van der Waals surface area contributed by atoms with Crippen LogP contribution in [0.2, 0.25) is 0 Å². The molecule has 0 aliphatic rings. The zero-order chi connectivity index (χ0) is 17.5. The van der Waals surface area contributed by atoms with Gasteiger partial charge in [-0.25, -0.2) is 4.79 Å². The fraction of sp³-hybridized carbons (Fsp3) is 0.316. The average molecular weight is 327 g/mol. The fourth-order valence-corrected chi connectivity index (χ4v) is 2.37. The molecule has 126 valence electrons. The Hall–Kier alpha value is -2.69. The number of esters is 1. The smallest absolute Gasteiger partial charge is 0.340 e. The van der Waals surface area contributed by atoms with E-state index in [1.54, 1.807) is 31.2 Å². The predicted molar refractivity (Wildman–Crippen MR) is 91.8 cm³/mol. The summed E-state index contributed by atoms with van der Waals surface area (Å²) >= 11 is 0. The second kappa shape index (κ2) is 8.24. The number of rotatable bonds is 6. The molecule has 5 heteroatoms. The molecule has 0 aliphatic carbocycles. The topological polar surface area (TPSA) is 59.3 Å². The standard InChI is InChI=1S/C19H22N2O3/c1-4-15-11-10-14(3)21(12-15)13-18(22)20-17-9-7-6-8-16(17)19(23)24-5-2/h6-12H,4-5,13H2,1-3H3/p+1. The van der Waals surface area contributed by atoms with Gasteiger partial charge in [0.05, 0.1) is 17.9 Å². The van der Waals surface area contributed by atoms with Crippen molar-refractivity contribution in [2.75, 3.05) is 11.9 Å². The number of aryl methyl sites for hydroxylation is 2. The van der Waals surface area contributed by atoms with Crippen LogP contribution in [0.3, 0.4) is 0 Å². The molecule has 1 heterocycles. The van der Waals surface area contributed by atoms with Crippen molar-refractivity contribution in [3.63, 3.8) is 0 Å². The average Bonchev–Trinajstić information content (AvgIpc) is 2.57. The molecule has 24 heavy (non-hydrogen) atoms. The first-order valence-electron chi connectivity index (χ1n) is 8.10. The number of ether oxygens (including phenoxy) is 1. The Morgan fingerprint density at radius 3 is 2.58 bits per heavy atom. The molecule has 0 spiro atoms. The summed E-state index contributed by atoms with van der Waals surface area (Å²) in [6.45, 7) is 6.26. The van der Waals surface area contributed by atoms with Gasteiger partial charge >= 0.3 is 5.97 Å². The van der Waals surface area contributed by atoms with E-state index in [1.807, 2.05) is 23.8 Å². The van der Waals surface area contributed by atoms with Gasteiger partial charge in [0.1, 0.15) is 0 Å². The van der Waals surface area contributed by atoms with Gasteiger partial charge in [-0.1, -0.05) is 19.1 Å². The van der Waals surface area contributed by atoms with Crippen LogP contribution in [0.25, 0.3) is 0 Å². The lowest BCUT2D eigenvalue weighted by atomic mass is 10.1. The summed E-state index contributed by atoms with van der Waals surface area (Å²) in [4.78, 5) is 24.3. The maximum Gasteiger partial charge on any atom is 0.340 e. The molecule has 0 unspecified atom stereocenters. The third-order valence-electron chi connectivity index (χ3n) is 3.73. The van der Waals surface area contributed by atoms with Crippen LogP contribution in [-0.2, 0) is 22.5 Å². The zero-order valence-corrected chi connectivity index (χ0v) is 14.3. The molecule has 2 aromatic rings. The molecule has 1 amide bonds. The molecule has 5 nitrogen and oxygen atoms in total. The Morgan fingerprint density at radius 2 is 1.88 bits per heavy atom. The molecule has 1 N–H and O–H groups in total. The van der Waals surface area contributed by atoms with Crippen LogP contribution in [-0.4, -0.2) is 18.5 Å². The van der Waals surface area contributed by atoms with Gasteiger partial charge in [0.2, 0.25) is 6.54 Å². The van der Waals surface area contributed by atoms with Gasteiger partial charge < -0.3 is 10.1 Å². The Morgan fingerprint density at radius 1 is 1.12 bits per heavy atom. The van der Waals surface area contributed by atoms with E-state index in [2.05, 4.69) is 18.3 Å². The first-order chi connectivity index (χ1) is 11.5. The quantitative estimate of drug-likeness (QED) is 0.655. The van der Waals surface area contributed by atoms with Crippen molar-refractivity contribution in [2.45, 2.75) is 33.7 Å². The number of hydrogen-bond acceptors (Lipinski definition) is 3. The lowest BCUT2D eigenvalue weighted by molar-refractivity contribution is -0.690. The number of pyridine rings is 1. The fourth-order valence-electron chi connectivity index (χ4n) is 2.37. The van der Waals surface area contributed by atoms with Gasteiger partial charge in [-0.2, -0.15) is 4.57 Å². The van der Waals surface area contributed by atoms with Gasteiger partial charge in [0.25, 0.3) is 5.91 Å². The number of amides is 1. The monoisotopic (exact) mass is 327 g/mol. The lowest BCUT2D eigenvalue weighted by Crippen LogP contribution is -2.43. The number of nitrogens with zero attached hydrogens (tertiary/aromatic N) is 1. The number of benzene rings is 1. The molecular formula is C19H23N2O3+. The maximum absolute atomic E-state index is 12.4.